The Morgan fingerprint density at radius 1 is 1.40 bits per heavy atom. The van der Waals surface area contributed by atoms with Crippen LogP contribution in [0.25, 0.3) is 0 Å². The van der Waals surface area contributed by atoms with E-state index in [2.05, 4.69) is 4.72 Å². The van der Waals surface area contributed by atoms with Gasteiger partial charge in [0, 0.05) is 12.5 Å². The molecule has 0 radical (unpaired) electrons. The van der Waals surface area contributed by atoms with E-state index >= 15 is 0 Å². The highest BCUT2D eigenvalue weighted by molar-refractivity contribution is 7.89. The number of sulfonamides is 1. The van der Waals surface area contributed by atoms with Gasteiger partial charge in [0.25, 0.3) is 0 Å². The SMILES string of the molecule is CC(Cc1ccco1)NS(=O)(=O)c1ccc(F)c(N)c1. The summed E-state index contributed by atoms with van der Waals surface area (Å²) < 4.78 is 44.9. The molecule has 1 unspecified atom stereocenters. The van der Waals surface area contributed by atoms with Crippen LogP contribution in [0.2, 0.25) is 0 Å². The van der Waals surface area contributed by atoms with Crippen molar-refractivity contribution in [2.24, 2.45) is 0 Å². The zero-order valence-electron chi connectivity index (χ0n) is 10.8. The summed E-state index contributed by atoms with van der Waals surface area (Å²) in [5.74, 6) is 0.0337. The van der Waals surface area contributed by atoms with Gasteiger partial charge in [0.2, 0.25) is 10.0 Å². The first kappa shape index (κ1) is 14.5. The quantitative estimate of drug-likeness (QED) is 0.826. The average Bonchev–Trinajstić information content (AvgIpc) is 2.84. The zero-order valence-corrected chi connectivity index (χ0v) is 11.7. The topological polar surface area (TPSA) is 85.3 Å². The predicted molar refractivity (Wildman–Crippen MR) is 73.0 cm³/mol. The number of hydrogen-bond acceptors (Lipinski definition) is 4. The standard InChI is InChI=1S/C13H15FN2O3S/c1-9(7-10-3-2-6-19-10)16-20(17,18)11-4-5-12(14)13(15)8-11/h2-6,8-9,16H,7,15H2,1H3. The summed E-state index contributed by atoms with van der Waals surface area (Å²) in [7, 11) is -3.74. The van der Waals surface area contributed by atoms with Gasteiger partial charge in [0.05, 0.1) is 16.8 Å². The van der Waals surface area contributed by atoms with Crippen LogP contribution in [0.1, 0.15) is 12.7 Å². The van der Waals surface area contributed by atoms with E-state index in [0.29, 0.717) is 12.2 Å². The van der Waals surface area contributed by atoms with E-state index in [1.54, 1.807) is 19.1 Å². The molecule has 0 saturated heterocycles. The number of nitrogens with two attached hydrogens (primary N) is 1. The summed E-state index contributed by atoms with van der Waals surface area (Å²) in [6.07, 6.45) is 1.94. The molecule has 0 amide bonds. The van der Waals surface area contributed by atoms with Crippen LogP contribution in [0.15, 0.2) is 45.9 Å². The first-order valence-corrected chi connectivity index (χ1v) is 7.46. The minimum Gasteiger partial charge on any atom is -0.469 e. The lowest BCUT2D eigenvalue weighted by Crippen LogP contribution is -2.34. The molecule has 0 bridgehead atoms. The lowest BCUT2D eigenvalue weighted by Gasteiger charge is -2.13. The number of furan rings is 1. The van der Waals surface area contributed by atoms with E-state index in [0.717, 1.165) is 12.1 Å². The summed E-state index contributed by atoms with van der Waals surface area (Å²) >= 11 is 0. The van der Waals surface area contributed by atoms with Crippen molar-refractivity contribution < 1.29 is 17.2 Å². The summed E-state index contributed by atoms with van der Waals surface area (Å²) in [5, 5.41) is 0. The van der Waals surface area contributed by atoms with Gasteiger partial charge in [-0.1, -0.05) is 0 Å². The summed E-state index contributed by atoms with van der Waals surface area (Å²) in [4.78, 5) is -0.0669. The van der Waals surface area contributed by atoms with E-state index in [1.165, 1.54) is 12.3 Å². The maximum Gasteiger partial charge on any atom is 0.240 e. The fourth-order valence-electron chi connectivity index (χ4n) is 1.79. The van der Waals surface area contributed by atoms with Gasteiger partial charge in [-0.3, -0.25) is 0 Å². The van der Waals surface area contributed by atoms with E-state index < -0.39 is 15.8 Å². The molecule has 2 rings (SSSR count). The molecule has 2 aromatic rings. The van der Waals surface area contributed by atoms with Gasteiger partial charge in [-0.05, 0) is 37.3 Å². The van der Waals surface area contributed by atoms with Gasteiger partial charge in [0.1, 0.15) is 11.6 Å². The molecule has 7 heteroatoms. The molecular formula is C13H15FN2O3S. The van der Waals surface area contributed by atoms with Crippen LogP contribution in [0, 0.1) is 5.82 Å². The number of hydrogen-bond donors (Lipinski definition) is 2. The maximum absolute atomic E-state index is 13.0. The number of halogens is 1. The van der Waals surface area contributed by atoms with Crippen molar-refractivity contribution in [3.05, 3.63) is 48.2 Å². The van der Waals surface area contributed by atoms with Crippen molar-refractivity contribution in [1.29, 1.82) is 0 Å². The van der Waals surface area contributed by atoms with E-state index in [9.17, 15) is 12.8 Å². The molecule has 0 saturated carbocycles. The lowest BCUT2D eigenvalue weighted by molar-refractivity contribution is 0.479. The molecule has 20 heavy (non-hydrogen) atoms. The predicted octanol–water partition coefficient (Wildman–Crippen LogP) is 1.91. The summed E-state index contributed by atoms with van der Waals surface area (Å²) in [5.41, 5.74) is 5.17. The van der Waals surface area contributed by atoms with Crippen LogP contribution < -0.4 is 10.5 Å². The minimum absolute atomic E-state index is 0.0669. The molecule has 0 aliphatic carbocycles. The Balaban J connectivity index is 2.12. The Kier molecular flexibility index (Phi) is 4.10. The highest BCUT2D eigenvalue weighted by Gasteiger charge is 2.19. The Bertz CT molecular complexity index is 684. The molecule has 3 N–H and O–H groups in total. The highest BCUT2D eigenvalue weighted by Crippen LogP contribution is 2.17. The van der Waals surface area contributed by atoms with Gasteiger partial charge >= 0.3 is 0 Å². The van der Waals surface area contributed by atoms with Crippen molar-refractivity contribution in [2.75, 3.05) is 5.73 Å². The minimum atomic E-state index is -3.74. The normalized spacial score (nSPS) is 13.3. The maximum atomic E-state index is 13.0. The third-order valence-corrected chi connectivity index (χ3v) is 4.31. The Morgan fingerprint density at radius 3 is 2.75 bits per heavy atom. The van der Waals surface area contributed by atoms with Crippen molar-refractivity contribution in [3.8, 4) is 0 Å². The van der Waals surface area contributed by atoms with Crippen LogP contribution in [0.5, 0.6) is 0 Å². The fraction of sp³-hybridized carbons (Fsp3) is 0.231. The number of anilines is 1. The third-order valence-electron chi connectivity index (χ3n) is 2.72. The fourth-order valence-corrected chi connectivity index (χ4v) is 3.07. The molecule has 1 heterocycles. The largest absolute Gasteiger partial charge is 0.469 e. The second-order valence-corrected chi connectivity index (χ2v) is 6.20. The third kappa shape index (κ3) is 3.37. The van der Waals surface area contributed by atoms with Gasteiger partial charge in [-0.25, -0.2) is 17.5 Å². The first-order chi connectivity index (χ1) is 9.38. The summed E-state index contributed by atoms with van der Waals surface area (Å²) in [6, 6.07) is 6.43. The zero-order chi connectivity index (χ0) is 14.8. The molecule has 0 fully saturated rings. The smallest absolute Gasteiger partial charge is 0.240 e. The van der Waals surface area contributed by atoms with Crippen LogP contribution in [-0.4, -0.2) is 14.5 Å². The lowest BCUT2D eigenvalue weighted by atomic mass is 10.2. The Morgan fingerprint density at radius 2 is 2.15 bits per heavy atom. The number of rotatable bonds is 5. The van der Waals surface area contributed by atoms with Crippen LogP contribution in [-0.2, 0) is 16.4 Å². The monoisotopic (exact) mass is 298 g/mol. The van der Waals surface area contributed by atoms with Gasteiger partial charge in [0.15, 0.2) is 0 Å². The molecule has 0 spiro atoms. The summed E-state index contributed by atoms with van der Waals surface area (Å²) in [6.45, 7) is 1.72. The van der Waals surface area contributed by atoms with Gasteiger partial charge in [-0.2, -0.15) is 0 Å². The number of benzene rings is 1. The van der Waals surface area contributed by atoms with Crippen LogP contribution >= 0.6 is 0 Å². The average molecular weight is 298 g/mol. The van der Waals surface area contributed by atoms with Crippen molar-refractivity contribution >= 4 is 15.7 Å². The van der Waals surface area contributed by atoms with Crippen molar-refractivity contribution in [3.63, 3.8) is 0 Å². The van der Waals surface area contributed by atoms with Crippen LogP contribution in [0.3, 0.4) is 0 Å². The molecular weight excluding hydrogens is 283 g/mol. The van der Waals surface area contributed by atoms with Gasteiger partial charge in [-0.15, -0.1) is 0 Å². The van der Waals surface area contributed by atoms with E-state index in [-0.39, 0.29) is 16.6 Å². The Hall–Kier alpha value is -1.86. The second-order valence-electron chi connectivity index (χ2n) is 4.49. The van der Waals surface area contributed by atoms with Gasteiger partial charge < -0.3 is 10.2 Å². The number of nitrogens with one attached hydrogen (secondary N) is 1. The van der Waals surface area contributed by atoms with E-state index in [1.807, 2.05) is 0 Å². The second kappa shape index (κ2) is 5.64. The molecule has 1 aromatic carbocycles. The highest BCUT2D eigenvalue weighted by atomic mass is 32.2. The molecule has 1 aromatic heterocycles. The first-order valence-electron chi connectivity index (χ1n) is 5.98. The van der Waals surface area contributed by atoms with Crippen LogP contribution in [0.4, 0.5) is 10.1 Å². The molecule has 0 aliphatic heterocycles. The molecule has 5 nitrogen and oxygen atoms in total. The van der Waals surface area contributed by atoms with Crippen molar-refractivity contribution in [2.45, 2.75) is 24.3 Å². The molecule has 1 atom stereocenters. The van der Waals surface area contributed by atoms with E-state index in [4.69, 9.17) is 10.2 Å². The number of nitrogen functional groups attached to an aromatic ring is 1. The molecule has 108 valence electrons. The van der Waals surface area contributed by atoms with Crippen molar-refractivity contribution in [1.82, 2.24) is 4.72 Å². The Labute approximate surface area is 116 Å². The molecule has 0 aliphatic rings.